The number of aryl methyl sites for hydroxylation is 1. The first-order chi connectivity index (χ1) is 12.7. The number of nitrogens with two attached hydrogens (primary N) is 1. The maximum atomic E-state index is 12.8. The van der Waals surface area contributed by atoms with Crippen LogP contribution < -0.4 is 11.1 Å². The first-order valence-electron chi connectivity index (χ1n) is 7.95. The molecule has 2 aromatic heterocycles. The first kappa shape index (κ1) is 18.4. The Morgan fingerprint density at radius 3 is 2.52 bits per heavy atom. The number of carbonyl (C=O) groups excluding carboxylic acids is 1. The Bertz CT molecular complexity index is 981. The fourth-order valence-corrected chi connectivity index (χ4v) is 2.70. The van der Waals surface area contributed by atoms with Gasteiger partial charge in [0.15, 0.2) is 0 Å². The van der Waals surface area contributed by atoms with Gasteiger partial charge >= 0.3 is 6.18 Å². The molecule has 0 atom stereocenters. The Kier molecular flexibility index (Phi) is 4.85. The number of alkyl halides is 3. The lowest BCUT2D eigenvalue weighted by atomic mass is 9.98. The lowest BCUT2D eigenvalue weighted by Gasteiger charge is -2.14. The molecule has 27 heavy (non-hydrogen) atoms. The van der Waals surface area contributed by atoms with E-state index in [1.807, 2.05) is 0 Å². The van der Waals surface area contributed by atoms with E-state index < -0.39 is 18.5 Å². The van der Waals surface area contributed by atoms with E-state index in [0.717, 1.165) is 0 Å². The second-order valence-corrected chi connectivity index (χ2v) is 5.87. The van der Waals surface area contributed by atoms with E-state index in [9.17, 15) is 18.0 Å². The van der Waals surface area contributed by atoms with Gasteiger partial charge in [0.1, 0.15) is 17.3 Å². The van der Waals surface area contributed by atoms with E-state index in [1.54, 1.807) is 25.2 Å². The van der Waals surface area contributed by atoms with Crippen molar-refractivity contribution in [3.05, 3.63) is 59.9 Å². The van der Waals surface area contributed by atoms with Gasteiger partial charge in [-0.3, -0.25) is 9.48 Å². The molecule has 2 heterocycles. The van der Waals surface area contributed by atoms with Crippen LogP contribution in [0.4, 0.5) is 24.8 Å². The Labute approximate surface area is 152 Å². The lowest BCUT2D eigenvalue weighted by molar-refractivity contribution is -0.127. The number of pyridine rings is 1. The van der Waals surface area contributed by atoms with Crippen molar-refractivity contribution in [3.63, 3.8) is 0 Å². The maximum Gasteiger partial charge on any atom is 0.393 e. The number of rotatable bonds is 4. The predicted octanol–water partition coefficient (Wildman–Crippen LogP) is 3.42. The van der Waals surface area contributed by atoms with Crippen LogP contribution in [0.2, 0.25) is 0 Å². The summed E-state index contributed by atoms with van der Waals surface area (Å²) in [5.41, 5.74) is 7.10. The number of nitrogens with one attached hydrogen (secondary N) is 1. The molecule has 0 aliphatic carbocycles. The number of benzene rings is 1. The molecule has 0 spiro atoms. The van der Waals surface area contributed by atoms with Crippen molar-refractivity contribution in [2.24, 2.45) is 7.05 Å². The highest BCUT2D eigenvalue weighted by molar-refractivity contribution is 6.02. The van der Waals surface area contributed by atoms with Crippen molar-refractivity contribution in [3.8, 4) is 11.1 Å². The summed E-state index contributed by atoms with van der Waals surface area (Å²) in [5, 5.41) is 6.50. The summed E-state index contributed by atoms with van der Waals surface area (Å²) >= 11 is 0. The topological polar surface area (TPSA) is 85.8 Å². The van der Waals surface area contributed by atoms with E-state index >= 15 is 0 Å². The van der Waals surface area contributed by atoms with Gasteiger partial charge in [0, 0.05) is 18.8 Å². The summed E-state index contributed by atoms with van der Waals surface area (Å²) in [5.74, 6) is -0.213. The van der Waals surface area contributed by atoms with Gasteiger partial charge < -0.3 is 11.1 Å². The monoisotopic (exact) mass is 375 g/mol. The third-order valence-corrected chi connectivity index (χ3v) is 3.92. The van der Waals surface area contributed by atoms with Crippen LogP contribution in [0.25, 0.3) is 11.1 Å². The van der Waals surface area contributed by atoms with Gasteiger partial charge in [0.25, 0.3) is 5.91 Å². The van der Waals surface area contributed by atoms with E-state index in [4.69, 9.17) is 5.73 Å². The fourth-order valence-electron chi connectivity index (χ4n) is 2.70. The van der Waals surface area contributed by atoms with Gasteiger partial charge in [0.05, 0.1) is 6.42 Å². The average Bonchev–Trinajstić information content (AvgIpc) is 3.01. The molecule has 140 valence electrons. The van der Waals surface area contributed by atoms with E-state index in [2.05, 4.69) is 15.4 Å². The quantitative estimate of drug-likeness (QED) is 0.732. The molecule has 3 N–H and O–H groups in total. The molecule has 0 fully saturated rings. The summed E-state index contributed by atoms with van der Waals surface area (Å²) in [6, 6.07) is 10.7. The number of carbonyl (C=O) groups is 1. The molecule has 1 aromatic carbocycles. The molecule has 0 aliphatic rings. The van der Waals surface area contributed by atoms with Gasteiger partial charge in [-0.15, -0.1) is 0 Å². The molecule has 0 saturated carbocycles. The summed E-state index contributed by atoms with van der Waals surface area (Å²) in [6.07, 6.45) is -3.92. The van der Waals surface area contributed by atoms with Crippen molar-refractivity contribution >= 4 is 17.5 Å². The van der Waals surface area contributed by atoms with Crippen LogP contribution in [0.1, 0.15) is 16.1 Å². The molecular formula is C18H16F3N5O. The lowest BCUT2D eigenvalue weighted by Crippen LogP contribution is -2.17. The van der Waals surface area contributed by atoms with Crippen LogP contribution in [0.3, 0.4) is 0 Å². The Morgan fingerprint density at radius 1 is 1.15 bits per heavy atom. The number of nitrogen functional groups attached to an aromatic ring is 1. The Hall–Kier alpha value is -3.36. The molecule has 3 aromatic rings. The number of anilines is 2. The van der Waals surface area contributed by atoms with Crippen LogP contribution in [0, 0.1) is 0 Å². The zero-order valence-corrected chi connectivity index (χ0v) is 14.3. The van der Waals surface area contributed by atoms with Gasteiger partial charge in [-0.2, -0.15) is 18.3 Å². The molecule has 1 amide bonds. The SMILES string of the molecule is Cn1nccc1C(=O)Nc1ccc(-c2ccccc2CC(F)(F)F)c(N)n1. The number of hydrogen-bond acceptors (Lipinski definition) is 4. The summed E-state index contributed by atoms with van der Waals surface area (Å²) in [4.78, 5) is 16.3. The summed E-state index contributed by atoms with van der Waals surface area (Å²) in [7, 11) is 1.62. The van der Waals surface area contributed by atoms with Crippen molar-refractivity contribution in [1.29, 1.82) is 0 Å². The number of aromatic nitrogens is 3. The summed E-state index contributed by atoms with van der Waals surface area (Å²) in [6.45, 7) is 0. The number of halogens is 3. The van der Waals surface area contributed by atoms with Crippen LogP contribution in [0.5, 0.6) is 0 Å². The van der Waals surface area contributed by atoms with E-state index in [1.165, 1.54) is 35.1 Å². The predicted molar refractivity (Wildman–Crippen MR) is 95.0 cm³/mol. The average molecular weight is 375 g/mol. The van der Waals surface area contributed by atoms with Gasteiger partial charge in [0.2, 0.25) is 0 Å². The molecule has 3 rings (SSSR count). The molecule has 0 unspecified atom stereocenters. The fraction of sp³-hybridized carbons (Fsp3) is 0.167. The van der Waals surface area contributed by atoms with Gasteiger partial charge in [-0.1, -0.05) is 24.3 Å². The van der Waals surface area contributed by atoms with Crippen molar-refractivity contribution < 1.29 is 18.0 Å². The number of amides is 1. The minimum absolute atomic E-state index is 0.0208. The third-order valence-electron chi connectivity index (χ3n) is 3.92. The standard InChI is InChI=1S/C18H16F3N5O/c1-26-14(8-9-23-26)17(27)25-15-7-6-13(16(22)24-15)12-5-3-2-4-11(12)10-18(19,20)21/h2-9H,10H2,1H3,(H3,22,24,25,27). The molecule has 6 nitrogen and oxygen atoms in total. The number of hydrogen-bond donors (Lipinski definition) is 2. The largest absolute Gasteiger partial charge is 0.393 e. The third kappa shape index (κ3) is 4.25. The molecule has 9 heteroatoms. The zero-order chi connectivity index (χ0) is 19.6. The van der Waals surface area contributed by atoms with E-state index in [-0.39, 0.29) is 17.2 Å². The highest BCUT2D eigenvalue weighted by atomic mass is 19.4. The van der Waals surface area contributed by atoms with Crippen molar-refractivity contribution in [2.45, 2.75) is 12.6 Å². The Balaban J connectivity index is 1.88. The van der Waals surface area contributed by atoms with Crippen LogP contribution in [0.15, 0.2) is 48.7 Å². The summed E-state index contributed by atoms with van der Waals surface area (Å²) < 4.78 is 39.8. The maximum absolute atomic E-state index is 12.8. The van der Waals surface area contributed by atoms with Crippen LogP contribution in [-0.2, 0) is 13.5 Å². The minimum Gasteiger partial charge on any atom is -0.383 e. The second-order valence-electron chi connectivity index (χ2n) is 5.87. The van der Waals surface area contributed by atoms with E-state index in [0.29, 0.717) is 16.8 Å². The van der Waals surface area contributed by atoms with Crippen LogP contribution >= 0.6 is 0 Å². The molecule has 0 saturated heterocycles. The first-order valence-corrected chi connectivity index (χ1v) is 7.95. The normalized spacial score (nSPS) is 11.4. The van der Waals surface area contributed by atoms with Gasteiger partial charge in [-0.05, 0) is 29.3 Å². The van der Waals surface area contributed by atoms with Crippen molar-refractivity contribution in [2.75, 3.05) is 11.1 Å². The van der Waals surface area contributed by atoms with Crippen LogP contribution in [-0.4, -0.2) is 26.8 Å². The smallest absolute Gasteiger partial charge is 0.383 e. The minimum atomic E-state index is -4.34. The highest BCUT2D eigenvalue weighted by Gasteiger charge is 2.29. The molecular weight excluding hydrogens is 359 g/mol. The van der Waals surface area contributed by atoms with Gasteiger partial charge in [-0.25, -0.2) is 4.98 Å². The Morgan fingerprint density at radius 2 is 1.89 bits per heavy atom. The zero-order valence-electron chi connectivity index (χ0n) is 14.3. The second kappa shape index (κ2) is 7.10. The molecule has 0 radical (unpaired) electrons. The number of nitrogens with zero attached hydrogens (tertiary/aromatic N) is 3. The van der Waals surface area contributed by atoms with Crippen molar-refractivity contribution in [1.82, 2.24) is 14.8 Å². The highest BCUT2D eigenvalue weighted by Crippen LogP contribution is 2.32. The molecule has 0 bridgehead atoms. The molecule has 0 aliphatic heterocycles.